The lowest BCUT2D eigenvalue weighted by Gasteiger charge is -2.23. The van der Waals surface area contributed by atoms with Crippen molar-refractivity contribution in [1.29, 1.82) is 0 Å². The summed E-state index contributed by atoms with van der Waals surface area (Å²) in [5.41, 5.74) is 0.985. The first kappa shape index (κ1) is 13.4. The quantitative estimate of drug-likeness (QED) is 0.901. The van der Waals surface area contributed by atoms with Crippen LogP contribution in [0.15, 0.2) is 28.7 Å². The number of benzene rings is 1. The lowest BCUT2D eigenvalue weighted by molar-refractivity contribution is 0.133. The normalized spacial score (nSPS) is 16.3. The van der Waals surface area contributed by atoms with Crippen molar-refractivity contribution in [2.45, 2.75) is 25.5 Å². The van der Waals surface area contributed by atoms with Crippen LogP contribution < -0.4 is 10.6 Å². The summed E-state index contributed by atoms with van der Waals surface area (Å²) < 4.78 is 6.20. The van der Waals surface area contributed by atoms with Crippen LogP contribution in [0.4, 0.5) is 4.79 Å². The summed E-state index contributed by atoms with van der Waals surface area (Å²) in [6.07, 6.45) is 1.60. The molecule has 1 aromatic carbocycles. The van der Waals surface area contributed by atoms with Gasteiger partial charge in [-0.15, -0.1) is 0 Å². The van der Waals surface area contributed by atoms with Gasteiger partial charge in [0.05, 0.1) is 0 Å². The Kier molecular flexibility index (Phi) is 5.01. The van der Waals surface area contributed by atoms with Crippen LogP contribution in [-0.4, -0.2) is 25.2 Å². The van der Waals surface area contributed by atoms with Gasteiger partial charge in [0, 0.05) is 10.5 Å². The average Bonchev–Trinajstić information content (AvgIpc) is 2.39. The zero-order chi connectivity index (χ0) is 12.8. The summed E-state index contributed by atoms with van der Waals surface area (Å²) in [6.45, 7) is 2.22. The molecule has 0 unspecified atom stereocenters. The maximum absolute atomic E-state index is 11.6. The van der Waals surface area contributed by atoms with Crippen LogP contribution in [0.3, 0.4) is 0 Å². The molecule has 1 amide bonds. The minimum absolute atomic E-state index is 0.240. The number of alkyl carbamates (subject to hydrolysis) is 1. The molecule has 0 saturated carbocycles. The number of hydrogen-bond donors (Lipinski definition) is 2. The lowest BCUT2D eigenvalue weighted by Crippen LogP contribution is -2.42. The number of halogens is 1. The van der Waals surface area contributed by atoms with E-state index in [1.54, 1.807) is 0 Å². The van der Waals surface area contributed by atoms with Crippen LogP contribution in [0.1, 0.15) is 18.4 Å². The largest absolute Gasteiger partial charge is 0.445 e. The van der Waals surface area contributed by atoms with E-state index in [1.165, 1.54) is 0 Å². The molecule has 1 aromatic rings. The second kappa shape index (κ2) is 6.75. The molecule has 1 heterocycles. The summed E-state index contributed by atoms with van der Waals surface area (Å²) >= 11 is 3.37. The fraction of sp³-hybridized carbons (Fsp3) is 0.462. The molecule has 1 aliphatic rings. The third-order valence-corrected chi connectivity index (χ3v) is 3.47. The summed E-state index contributed by atoms with van der Waals surface area (Å²) in [5.74, 6) is 0. The zero-order valence-electron chi connectivity index (χ0n) is 10.1. The molecule has 2 N–H and O–H groups in total. The molecule has 98 valence electrons. The smallest absolute Gasteiger partial charge is 0.407 e. The van der Waals surface area contributed by atoms with Crippen LogP contribution in [0.2, 0.25) is 0 Å². The van der Waals surface area contributed by atoms with Crippen molar-refractivity contribution in [1.82, 2.24) is 10.6 Å². The molecule has 5 heteroatoms. The van der Waals surface area contributed by atoms with Gasteiger partial charge in [0.2, 0.25) is 0 Å². The Balaban J connectivity index is 1.72. The van der Waals surface area contributed by atoms with E-state index < -0.39 is 0 Å². The number of piperidine rings is 1. The van der Waals surface area contributed by atoms with E-state index in [9.17, 15) is 4.79 Å². The zero-order valence-corrected chi connectivity index (χ0v) is 11.7. The maximum Gasteiger partial charge on any atom is 0.407 e. The predicted molar refractivity (Wildman–Crippen MR) is 73.4 cm³/mol. The van der Waals surface area contributed by atoms with Gasteiger partial charge in [0.15, 0.2) is 0 Å². The first-order chi connectivity index (χ1) is 8.74. The Morgan fingerprint density at radius 3 is 2.67 bits per heavy atom. The van der Waals surface area contributed by atoms with Gasteiger partial charge in [-0.05, 0) is 43.6 Å². The van der Waals surface area contributed by atoms with Gasteiger partial charge in [-0.25, -0.2) is 4.79 Å². The molecule has 0 aromatic heterocycles. The SMILES string of the molecule is O=C(NC1CCNCC1)OCc1ccc(Br)cc1. The number of hydrogen-bond acceptors (Lipinski definition) is 3. The third kappa shape index (κ3) is 4.31. The van der Waals surface area contributed by atoms with Gasteiger partial charge < -0.3 is 15.4 Å². The van der Waals surface area contributed by atoms with Crippen LogP contribution in [0, 0.1) is 0 Å². The molecular weight excluding hydrogens is 296 g/mol. The van der Waals surface area contributed by atoms with E-state index >= 15 is 0 Å². The number of ether oxygens (including phenoxy) is 1. The second-order valence-corrected chi connectivity index (χ2v) is 5.29. The minimum atomic E-state index is -0.329. The summed E-state index contributed by atoms with van der Waals surface area (Å²) in [5, 5.41) is 6.14. The van der Waals surface area contributed by atoms with E-state index in [0.717, 1.165) is 36.0 Å². The number of nitrogens with one attached hydrogen (secondary N) is 2. The molecule has 0 radical (unpaired) electrons. The fourth-order valence-corrected chi connectivity index (χ4v) is 2.17. The average molecular weight is 313 g/mol. The van der Waals surface area contributed by atoms with Gasteiger partial charge in [-0.2, -0.15) is 0 Å². The van der Waals surface area contributed by atoms with Crippen molar-refractivity contribution >= 4 is 22.0 Å². The Hall–Kier alpha value is -1.07. The molecule has 1 aliphatic heterocycles. The molecule has 2 rings (SSSR count). The standard InChI is InChI=1S/C13H17BrN2O2/c14-11-3-1-10(2-4-11)9-18-13(17)16-12-5-7-15-8-6-12/h1-4,12,15H,5-9H2,(H,16,17). The van der Waals surface area contributed by atoms with E-state index in [2.05, 4.69) is 26.6 Å². The molecule has 0 atom stereocenters. The second-order valence-electron chi connectivity index (χ2n) is 4.37. The molecule has 18 heavy (non-hydrogen) atoms. The van der Waals surface area contributed by atoms with Crippen LogP contribution >= 0.6 is 15.9 Å². The van der Waals surface area contributed by atoms with Gasteiger partial charge in [-0.3, -0.25) is 0 Å². The Morgan fingerprint density at radius 2 is 2.00 bits per heavy atom. The lowest BCUT2D eigenvalue weighted by atomic mass is 10.1. The summed E-state index contributed by atoms with van der Waals surface area (Å²) in [6, 6.07) is 7.97. The van der Waals surface area contributed by atoms with Gasteiger partial charge in [0.1, 0.15) is 6.61 Å². The maximum atomic E-state index is 11.6. The van der Waals surface area contributed by atoms with Crippen molar-refractivity contribution in [2.24, 2.45) is 0 Å². The third-order valence-electron chi connectivity index (χ3n) is 2.94. The highest BCUT2D eigenvalue weighted by atomic mass is 79.9. The summed E-state index contributed by atoms with van der Waals surface area (Å²) in [7, 11) is 0. The highest BCUT2D eigenvalue weighted by Crippen LogP contribution is 2.11. The first-order valence-electron chi connectivity index (χ1n) is 6.12. The van der Waals surface area contributed by atoms with Crippen molar-refractivity contribution in [2.75, 3.05) is 13.1 Å². The molecule has 1 saturated heterocycles. The highest BCUT2D eigenvalue weighted by molar-refractivity contribution is 9.10. The fourth-order valence-electron chi connectivity index (χ4n) is 1.90. The Labute approximate surface area is 115 Å². The monoisotopic (exact) mass is 312 g/mol. The summed E-state index contributed by atoms with van der Waals surface area (Å²) in [4.78, 5) is 11.6. The predicted octanol–water partition coefficient (Wildman–Crippen LogP) is 2.43. The number of rotatable bonds is 3. The Bertz CT molecular complexity index is 388. The van der Waals surface area contributed by atoms with E-state index in [1.807, 2.05) is 24.3 Å². The number of carbonyl (C=O) groups excluding carboxylic acids is 1. The van der Waals surface area contributed by atoms with E-state index in [4.69, 9.17) is 4.74 Å². The molecule has 1 fully saturated rings. The molecule has 0 aliphatic carbocycles. The topological polar surface area (TPSA) is 50.4 Å². The molecule has 0 bridgehead atoms. The van der Waals surface area contributed by atoms with Crippen molar-refractivity contribution in [3.63, 3.8) is 0 Å². The highest BCUT2D eigenvalue weighted by Gasteiger charge is 2.15. The van der Waals surface area contributed by atoms with Crippen LogP contribution in [0.25, 0.3) is 0 Å². The minimum Gasteiger partial charge on any atom is -0.445 e. The van der Waals surface area contributed by atoms with Crippen molar-refractivity contribution < 1.29 is 9.53 Å². The van der Waals surface area contributed by atoms with Gasteiger partial charge >= 0.3 is 6.09 Å². The first-order valence-corrected chi connectivity index (χ1v) is 6.92. The van der Waals surface area contributed by atoms with Crippen molar-refractivity contribution in [3.05, 3.63) is 34.3 Å². The Morgan fingerprint density at radius 1 is 1.33 bits per heavy atom. The van der Waals surface area contributed by atoms with E-state index in [-0.39, 0.29) is 12.1 Å². The molecule has 0 spiro atoms. The number of carbonyl (C=O) groups is 1. The molecule has 4 nitrogen and oxygen atoms in total. The van der Waals surface area contributed by atoms with Crippen molar-refractivity contribution in [3.8, 4) is 0 Å². The van der Waals surface area contributed by atoms with Crippen LogP contribution in [-0.2, 0) is 11.3 Å². The van der Waals surface area contributed by atoms with Gasteiger partial charge in [0.25, 0.3) is 0 Å². The van der Waals surface area contributed by atoms with Gasteiger partial charge in [-0.1, -0.05) is 28.1 Å². The van der Waals surface area contributed by atoms with E-state index in [0.29, 0.717) is 6.61 Å². The number of amides is 1. The molecular formula is C13H17BrN2O2. The van der Waals surface area contributed by atoms with Crippen LogP contribution in [0.5, 0.6) is 0 Å².